The standard InChI is InChI=1S/C5H12N.BrH.Mg/c1-4-5-6(2)3;;/h1,4-5H2,2-3H3;1H;/q;;+1/p-1. The van der Waals surface area contributed by atoms with Crippen molar-refractivity contribution < 1.29 is 0 Å². The third-order valence-electron chi connectivity index (χ3n) is 0.989. The van der Waals surface area contributed by atoms with Gasteiger partial charge in [-0.25, -0.2) is 0 Å². The maximum absolute atomic E-state index is 3.52. The highest BCUT2D eigenvalue weighted by Gasteiger charge is 1.90. The minimum atomic E-state index is 0.157. The zero-order valence-electron chi connectivity index (χ0n) is 5.65. The Balaban J connectivity index is 2.72. The molecule has 0 aromatic rings. The van der Waals surface area contributed by atoms with Crippen LogP contribution in [0.25, 0.3) is 0 Å². The molecule has 0 saturated heterocycles. The Morgan fingerprint density at radius 1 is 1.50 bits per heavy atom. The molecule has 0 aliphatic heterocycles. The summed E-state index contributed by atoms with van der Waals surface area (Å²) in [6.07, 6.45) is 1.37. The van der Waals surface area contributed by atoms with Crippen LogP contribution in [-0.4, -0.2) is 43.7 Å². The lowest BCUT2D eigenvalue weighted by atomic mass is 10.4. The van der Waals surface area contributed by atoms with Gasteiger partial charge in [0, 0.05) is 0 Å². The van der Waals surface area contributed by atoms with Crippen LogP contribution in [0.4, 0.5) is 0 Å². The Morgan fingerprint density at radius 3 is 2.50 bits per heavy atom. The molecule has 1 nitrogen and oxygen atoms in total. The molecular formula is C5H12BrMgN. The Bertz CT molecular complexity index is 49.7. The van der Waals surface area contributed by atoms with Gasteiger partial charge in [-0.05, 0) is 20.6 Å². The SMILES string of the molecule is CN(C)CC[CH2][Mg][Br]. The molecule has 0 amide bonds. The predicted octanol–water partition coefficient (Wildman–Crippen LogP) is 1.37. The highest BCUT2D eigenvalue weighted by molar-refractivity contribution is 9.23. The molecule has 0 spiro atoms. The Morgan fingerprint density at radius 2 is 2.12 bits per heavy atom. The van der Waals surface area contributed by atoms with E-state index in [-0.39, 0.29) is 18.2 Å². The molecule has 0 rings (SSSR count). The fourth-order valence-electron chi connectivity index (χ4n) is 0.523. The molecule has 0 saturated carbocycles. The van der Waals surface area contributed by atoms with Crippen LogP contribution in [0.2, 0.25) is 4.55 Å². The first-order valence-corrected chi connectivity index (χ1v) is 7.88. The largest absolute Gasteiger partial charge is 0.468 e. The van der Waals surface area contributed by atoms with E-state index in [0.717, 1.165) is 0 Å². The van der Waals surface area contributed by atoms with E-state index in [4.69, 9.17) is 0 Å². The van der Waals surface area contributed by atoms with Gasteiger partial charge in [-0.15, -0.1) is 4.55 Å². The van der Waals surface area contributed by atoms with Crippen molar-refractivity contribution >= 4 is 31.1 Å². The van der Waals surface area contributed by atoms with Crippen LogP contribution < -0.4 is 0 Å². The number of halogens is 1. The van der Waals surface area contributed by atoms with Crippen LogP contribution in [0.1, 0.15) is 6.42 Å². The van der Waals surface area contributed by atoms with Crippen LogP contribution in [-0.2, 0) is 0 Å². The van der Waals surface area contributed by atoms with E-state index in [9.17, 15) is 0 Å². The summed E-state index contributed by atoms with van der Waals surface area (Å²) in [6.45, 7) is 1.25. The maximum atomic E-state index is 3.52. The van der Waals surface area contributed by atoms with Gasteiger partial charge in [0.15, 0.2) is 0 Å². The van der Waals surface area contributed by atoms with Gasteiger partial charge in [0.1, 0.15) is 0 Å². The van der Waals surface area contributed by atoms with Gasteiger partial charge in [0.25, 0.3) is 0 Å². The number of hydrogen-bond acceptors (Lipinski definition) is 1. The van der Waals surface area contributed by atoms with Crippen molar-refractivity contribution in [2.45, 2.75) is 11.0 Å². The molecule has 0 aromatic heterocycles. The van der Waals surface area contributed by atoms with Gasteiger partial charge in [-0.1, -0.05) is 6.42 Å². The number of nitrogens with zero attached hydrogens (tertiary/aromatic N) is 1. The molecule has 0 atom stereocenters. The molecule has 0 unspecified atom stereocenters. The van der Waals surface area contributed by atoms with Gasteiger partial charge in [0.05, 0.1) is 0 Å². The van der Waals surface area contributed by atoms with E-state index in [2.05, 4.69) is 31.9 Å². The molecule has 0 radical (unpaired) electrons. The molecule has 0 fully saturated rings. The van der Waals surface area contributed by atoms with E-state index in [1.165, 1.54) is 17.5 Å². The summed E-state index contributed by atoms with van der Waals surface area (Å²) in [6, 6.07) is 0. The smallest absolute Gasteiger partial charge is 0.309 e. The van der Waals surface area contributed by atoms with Crippen LogP contribution in [0.5, 0.6) is 0 Å². The lowest BCUT2D eigenvalue weighted by Gasteiger charge is -2.06. The number of hydrogen-bond donors (Lipinski definition) is 0. The van der Waals surface area contributed by atoms with Crippen LogP contribution in [0.15, 0.2) is 0 Å². The van der Waals surface area contributed by atoms with Gasteiger partial charge >= 0.3 is 18.2 Å². The van der Waals surface area contributed by atoms with Crippen molar-refractivity contribution in [3.8, 4) is 0 Å². The second-order valence-electron chi connectivity index (χ2n) is 2.20. The monoisotopic (exact) mass is 189 g/mol. The molecule has 0 N–H and O–H groups in total. The van der Waals surface area contributed by atoms with Crippen LogP contribution >= 0.6 is 12.9 Å². The molecule has 0 bridgehead atoms. The van der Waals surface area contributed by atoms with E-state index >= 15 is 0 Å². The van der Waals surface area contributed by atoms with E-state index in [1.807, 2.05) is 0 Å². The predicted molar refractivity (Wildman–Crippen MR) is 42.7 cm³/mol. The third-order valence-corrected chi connectivity index (χ3v) is 3.44. The van der Waals surface area contributed by atoms with Gasteiger partial charge in [0.2, 0.25) is 0 Å². The van der Waals surface area contributed by atoms with Crippen molar-refractivity contribution in [1.29, 1.82) is 0 Å². The first-order valence-electron chi connectivity index (χ1n) is 2.98. The quantitative estimate of drug-likeness (QED) is 0.478. The summed E-state index contributed by atoms with van der Waals surface area (Å²) in [7, 11) is 4.24. The first kappa shape index (κ1) is 9.21. The fourth-order valence-corrected chi connectivity index (χ4v) is 2.12. The Hall–Kier alpha value is 1.21. The molecule has 0 heterocycles. The highest BCUT2D eigenvalue weighted by atomic mass is 79.9. The molecular weight excluding hydrogens is 178 g/mol. The van der Waals surface area contributed by atoms with E-state index in [0.29, 0.717) is 0 Å². The summed E-state index contributed by atoms with van der Waals surface area (Å²) >= 11 is 3.68. The minimum Gasteiger partial charge on any atom is -0.309 e. The highest BCUT2D eigenvalue weighted by Crippen LogP contribution is 1.92. The van der Waals surface area contributed by atoms with Crippen molar-refractivity contribution in [1.82, 2.24) is 4.90 Å². The van der Waals surface area contributed by atoms with E-state index in [1.54, 1.807) is 0 Å². The molecule has 0 aromatic carbocycles. The third kappa shape index (κ3) is 7.21. The minimum absolute atomic E-state index is 0.157. The Labute approximate surface area is 67.4 Å². The zero-order chi connectivity index (χ0) is 6.41. The summed E-state index contributed by atoms with van der Waals surface area (Å²) in [5.74, 6) is 0. The average Bonchev–Trinajstić information content (AvgIpc) is 1.66. The number of rotatable bonds is 4. The zero-order valence-corrected chi connectivity index (χ0v) is 8.65. The fraction of sp³-hybridized carbons (Fsp3) is 1.00. The van der Waals surface area contributed by atoms with Crippen molar-refractivity contribution in [3.05, 3.63) is 0 Å². The average molecular weight is 190 g/mol. The van der Waals surface area contributed by atoms with Crippen molar-refractivity contribution in [2.24, 2.45) is 0 Å². The maximum Gasteiger partial charge on any atom is 0.468 e. The molecule has 0 aliphatic rings. The van der Waals surface area contributed by atoms with Crippen molar-refractivity contribution in [2.75, 3.05) is 20.6 Å². The summed E-state index contributed by atoms with van der Waals surface area (Å²) < 4.78 is 1.43. The second-order valence-corrected chi connectivity index (χ2v) is 5.66. The topological polar surface area (TPSA) is 3.24 Å². The molecule has 8 heavy (non-hydrogen) atoms. The van der Waals surface area contributed by atoms with Gasteiger partial charge in [-0.3, -0.25) is 0 Å². The molecule has 46 valence electrons. The normalized spacial score (nSPS) is 9.50. The van der Waals surface area contributed by atoms with Crippen molar-refractivity contribution in [3.63, 3.8) is 0 Å². The summed E-state index contributed by atoms with van der Waals surface area (Å²) in [4.78, 5) is 2.23. The van der Waals surface area contributed by atoms with Crippen LogP contribution in [0, 0.1) is 0 Å². The molecule has 0 aliphatic carbocycles. The lowest BCUT2D eigenvalue weighted by molar-refractivity contribution is 0.408. The Kier molecular flexibility index (Phi) is 7.28. The van der Waals surface area contributed by atoms with E-state index < -0.39 is 0 Å². The van der Waals surface area contributed by atoms with Gasteiger partial charge < -0.3 is 17.8 Å². The summed E-state index contributed by atoms with van der Waals surface area (Å²) in [5.41, 5.74) is 0. The summed E-state index contributed by atoms with van der Waals surface area (Å²) in [5, 5.41) is 0. The van der Waals surface area contributed by atoms with Gasteiger partial charge in [-0.2, -0.15) is 0 Å². The molecule has 3 heteroatoms. The first-order chi connectivity index (χ1) is 3.77. The lowest BCUT2D eigenvalue weighted by Crippen LogP contribution is -2.12. The second kappa shape index (κ2) is 6.33. The van der Waals surface area contributed by atoms with Crippen LogP contribution in [0.3, 0.4) is 0 Å².